The van der Waals surface area contributed by atoms with E-state index in [2.05, 4.69) is 21.5 Å². The molecule has 0 saturated heterocycles. The number of carbonyl (C=O) groups excluding carboxylic acids is 1. The highest BCUT2D eigenvalue weighted by Crippen LogP contribution is 2.63. The summed E-state index contributed by atoms with van der Waals surface area (Å²) < 4.78 is 1.93. The molecule has 5 rings (SSSR count). The molecule has 0 aliphatic heterocycles. The summed E-state index contributed by atoms with van der Waals surface area (Å²) in [5, 5.41) is 7.43. The average molecular weight is 325 g/mol. The fourth-order valence-electron chi connectivity index (χ4n) is 4.78. The van der Waals surface area contributed by atoms with Gasteiger partial charge in [-0.2, -0.15) is 5.10 Å². The summed E-state index contributed by atoms with van der Waals surface area (Å²) in [5.74, 6) is 1.32. The summed E-state index contributed by atoms with van der Waals surface area (Å²) in [4.78, 5) is 16.8. The maximum atomic E-state index is 12.8. The predicted octanol–water partition coefficient (Wildman–Crippen LogP) is 1.42. The fraction of sp³-hybridized carbons (Fsp3) is 0.500. The number of nitrogens with one attached hydrogen (secondary N) is 1. The SMILES string of the molecule is Cn1nccc1C12CCC(C1)C2C(=O)NCCc1ccnc(N)c1. The molecular formula is C18H23N5O. The number of nitrogens with zero attached hydrogens (tertiary/aromatic N) is 3. The molecule has 3 unspecified atom stereocenters. The highest BCUT2D eigenvalue weighted by atomic mass is 16.2. The van der Waals surface area contributed by atoms with Crippen molar-refractivity contribution < 1.29 is 4.79 Å². The van der Waals surface area contributed by atoms with Gasteiger partial charge in [-0.1, -0.05) is 0 Å². The lowest BCUT2D eigenvalue weighted by Crippen LogP contribution is -2.53. The molecule has 2 aromatic rings. The van der Waals surface area contributed by atoms with Crippen molar-refractivity contribution in [3.05, 3.63) is 41.9 Å². The molecule has 0 aromatic carbocycles. The number of amides is 1. The minimum atomic E-state index is 0.00109. The average Bonchev–Trinajstić information content (AvgIpc) is 3.21. The number of hydrogen-bond acceptors (Lipinski definition) is 4. The maximum Gasteiger partial charge on any atom is 0.224 e. The van der Waals surface area contributed by atoms with Crippen molar-refractivity contribution in [3.63, 3.8) is 0 Å². The number of rotatable bonds is 5. The number of anilines is 1. The molecule has 2 bridgehead atoms. The zero-order valence-electron chi connectivity index (χ0n) is 13.9. The summed E-state index contributed by atoms with van der Waals surface area (Å²) in [6.45, 7) is 0.632. The molecule has 3 aliphatic carbocycles. The normalized spacial score (nSPS) is 27.7. The molecule has 3 N–H and O–H groups in total. The zero-order valence-corrected chi connectivity index (χ0v) is 13.9. The molecule has 6 nitrogen and oxygen atoms in total. The smallest absolute Gasteiger partial charge is 0.224 e. The van der Waals surface area contributed by atoms with E-state index < -0.39 is 0 Å². The highest BCUT2D eigenvalue weighted by Gasteiger charge is 2.63. The van der Waals surface area contributed by atoms with E-state index in [4.69, 9.17) is 5.73 Å². The standard InChI is InChI=1S/C18H23N5O/c1-23-14(5-9-22-23)18-6-2-13(11-18)16(18)17(24)21-8-4-12-3-7-20-15(19)10-12/h3,5,7,9-10,13,16H,2,4,6,8,11H2,1H3,(H2,19,20)(H,21,24). The van der Waals surface area contributed by atoms with E-state index in [0.29, 0.717) is 18.3 Å². The molecule has 126 valence electrons. The fourth-order valence-corrected chi connectivity index (χ4v) is 4.78. The second-order valence-corrected chi connectivity index (χ2v) is 7.11. The Morgan fingerprint density at radius 1 is 1.46 bits per heavy atom. The monoisotopic (exact) mass is 325 g/mol. The summed E-state index contributed by atoms with van der Waals surface area (Å²) in [6, 6.07) is 5.87. The van der Waals surface area contributed by atoms with E-state index in [0.717, 1.165) is 31.2 Å². The van der Waals surface area contributed by atoms with Gasteiger partial charge in [0.1, 0.15) is 5.82 Å². The topological polar surface area (TPSA) is 85.8 Å². The molecule has 3 fully saturated rings. The molecule has 3 saturated carbocycles. The number of hydrogen-bond donors (Lipinski definition) is 2. The number of carbonyl (C=O) groups is 1. The second kappa shape index (κ2) is 5.61. The van der Waals surface area contributed by atoms with Crippen LogP contribution in [0.15, 0.2) is 30.6 Å². The van der Waals surface area contributed by atoms with Crippen LogP contribution in [0.4, 0.5) is 5.82 Å². The van der Waals surface area contributed by atoms with E-state index >= 15 is 0 Å². The predicted molar refractivity (Wildman–Crippen MR) is 91.1 cm³/mol. The van der Waals surface area contributed by atoms with Gasteiger partial charge in [0.2, 0.25) is 5.91 Å². The first-order chi connectivity index (χ1) is 11.6. The Balaban J connectivity index is 1.41. The molecule has 2 heterocycles. The van der Waals surface area contributed by atoms with Crippen LogP contribution in [-0.4, -0.2) is 27.2 Å². The van der Waals surface area contributed by atoms with E-state index in [1.807, 2.05) is 30.1 Å². The summed E-state index contributed by atoms with van der Waals surface area (Å²) >= 11 is 0. The third-order valence-corrected chi connectivity index (χ3v) is 5.83. The first-order valence-electron chi connectivity index (χ1n) is 8.57. The van der Waals surface area contributed by atoms with Gasteiger partial charge in [-0.05, 0) is 55.4 Å². The Kier molecular flexibility index (Phi) is 3.55. The van der Waals surface area contributed by atoms with Crippen molar-refractivity contribution in [2.75, 3.05) is 12.3 Å². The number of pyridine rings is 1. The molecule has 24 heavy (non-hydrogen) atoms. The van der Waals surface area contributed by atoms with Crippen LogP contribution in [0.5, 0.6) is 0 Å². The van der Waals surface area contributed by atoms with Crippen LogP contribution in [0.25, 0.3) is 0 Å². The summed E-state index contributed by atoms with van der Waals surface area (Å²) in [7, 11) is 1.97. The first kappa shape index (κ1) is 15.2. The van der Waals surface area contributed by atoms with Gasteiger partial charge in [-0.25, -0.2) is 4.98 Å². The number of nitrogens with two attached hydrogens (primary N) is 1. The minimum absolute atomic E-state index is 0.00109. The van der Waals surface area contributed by atoms with E-state index in [1.165, 1.54) is 5.69 Å². The van der Waals surface area contributed by atoms with Crippen molar-refractivity contribution in [2.24, 2.45) is 18.9 Å². The molecule has 6 heteroatoms. The van der Waals surface area contributed by atoms with Crippen molar-refractivity contribution in [1.29, 1.82) is 0 Å². The zero-order chi connectivity index (χ0) is 16.7. The second-order valence-electron chi connectivity index (χ2n) is 7.11. The van der Waals surface area contributed by atoms with Gasteiger partial charge < -0.3 is 11.1 Å². The van der Waals surface area contributed by atoms with Crippen LogP contribution in [0.3, 0.4) is 0 Å². The lowest BCUT2D eigenvalue weighted by atomic mass is 9.58. The van der Waals surface area contributed by atoms with Crippen LogP contribution >= 0.6 is 0 Å². The lowest BCUT2D eigenvalue weighted by Gasteiger charge is -2.46. The largest absolute Gasteiger partial charge is 0.384 e. The van der Waals surface area contributed by atoms with Crippen LogP contribution < -0.4 is 11.1 Å². The van der Waals surface area contributed by atoms with Crippen LogP contribution in [0.1, 0.15) is 30.5 Å². The summed E-state index contributed by atoms with van der Waals surface area (Å²) in [5.41, 5.74) is 8.00. The molecule has 3 atom stereocenters. The van der Waals surface area contributed by atoms with Crippen molar-refractivity contribution >= 4 is 11.7 Å². The quantitative estimate of drug-likeness (QED) is 0.870. The molecule has 3 aliphatic rings. The minimum Gasteiger partial charge on any atom is -0.384 e. The Morgan fingerprint density at radius 3 is 3.04 bits per heavy atom. The van der Waals surface area contributed by atoms with Gasteiger partial charge in [0.05, 0.1) is 5.92 Å². The van der Waals surface area contributed by atoms with E-state index in [1.54, 1.807) is 6.20 Å². The Morgan fingerprint density at radius 2 is 2.33 bits per heavy atom. The van der Waals surface area contributed by atoms with E-state index in [9.17, 15) is 4.79 Å². The number of nitrogen functional groups attached to an aromatic ring is 1. The van der Waals surface area contributed by atoms with Crippen LogP contribution in [0, 0.1) is 11.8 Å². The van der Waals surface area contributed by atoms with E-state index in [-0.39, 0.29) is 17.2 Å². The Bertz CT molecular complexity index is 766. The van der Waals surface area contributed by atoms with Gasteiger partial charge in [-0.3, -0.25) is 9.48 Å². The number of aryl methyl sites for hydroxylation is 1. The first-order valence-corrected chi connectivity index (χ1v) is 8.57. The molecule has 0 radical (unpaired) electrons. The number of fused-ring (bicyclic) bond motifs is 1. The third kappa shape index (κ3) is 2.28. The van der Waals surface area contributed by atoms with Crippen molar-refractivity contribution in [3.8, 4) is 0 Å². The van der Waals surface area contributed by atoms with Crippen molar-refractivity contribution in [2.45, 2.75) is 31.1 Å². The van der Waals surface area contributed by atoms with Gasteiger partial charge in [0.25, 0.3) is 0 Å². The Labute approximate surface area is 141 Å². The molecule has 1 amide bonds. The Hall–Kier alpha value is -2.37. The van der Waals surface area contributed by atoms with Gasteiger partial charge in [-0.15, -0.1) is 0 Å². The third-order valence-electron chi connectivity index (χ3n) is 5.83. The molecule has 2 aromatic heterocycles. The van der Waals surface area contributed by atoms with Crippen LogP contribution in [-0.2, 0) is 23.7 Å². The summed E-state index contributed by atoms with van der Waals surface area (Å²) in [6.07, 6.45) is 7.66. The van der Waals surface area contributed by atoms with Crippen LogP contribution in [0.2, 0.25) is 0 Å². The van der Waals surface area contributed by atoms with Gasteiger partial charge in [0, 0.05) is 37.1 Å². The lowest BCUT2D eigenvalue weighted by molar-refractivity contribution is -0.133. The molecule has 0 spiro atoms. The molecular weight excluding hydrogens is 302 g/mol. The van der Waals surface area contributed by atoms with Gasteiger partial charge in [0.15, 0.2) is 0 Å². The number of aromatic nitrogens is 3. The highest BCUT2D eigenvalue weighted by molar-refractivity contribution is 5.82. The van der Waals surface area contributed by atoms with Crippen molar-refractivity contribution in [1.82, 2.24) is 20.1 Å². The maximum absolute atomic E-state index is 12.8. The van der Waals surface area contributed by atoms with Gasteiger partial charge >= 0.3 is 0 Å².